The molecule has 6 heteroatoms. The molecule has 106 valence electrons. The lowest BCUT2D eigenvalue weighted by Crippen LogP contribution is -2.23. The fourth-order valence-corrected chi connectivity index (χ4v) is 3.92. The third-order valence-electron chi connectivity index (χ3n) is 3.37. The molecule has 1 aliphatic heterocycles. The average Bonchev–Trinajstić information content (AvgIpc) is 2.70. The van der Waals surface area contributed by atoms with E-state index in [-0.39, 0.29) is 17.9 Å². The third-order valence-corrected chi connectivity index (χ3v) is 5.43. The van der Waals surface area contributed by atoms with E-state index in [1.807, 2.05) is 43.3 Å². The minimum atomic E-state index is -3.49. The number of hydrogen-bond donors (Lipinski definition) is 0. The summed E-state index contributed by atoms with van der Waals surface area (Å²) in [7, 11) is -1.81. The Kier molecular flexibility index (Phi) is 4.29. The van der Waals surface area contributed by atoms with Gasteiger partial charge in [-0.05, 0) is 32.5 Å². The maximum atomic E-state index is 12.8. The number of rotatable bonds is 3. The van der Waals surface area contributed by atoms with Crippen molar-refractivity contribution in [3.8, 4) is 6.07 Å². The number of nitriles is 1. The molecule has 0 N–H and O–H groups in total. The predicted octanol–water partition coefficient (Wildman–Crippen LogP) is 3.63. The first-order valence-electron chi connectivity index (χ1n) is 6.34. The van der Waals surface area contributed by atoms with Crippen LogP contribution in [0.25, 0.3) is 0 Å². The summed E-state index contributed by atoms with van der Waals surface area (Å²) < 4.78 is 25.3. The van der Waals surface area contributed by atoms with Crippen molar-refractivity contribution in [3.63, 3.8) is 0 Å². The van der Waals surface area contributed by atoms with E-state index in [1.165, 1.54) is 6.08 Å². The van der Waals surface area contributed by atoms with E-state index in [2.05, 4.69) is 0 Å². The van der Waals surface area contributed by atoms with Crippen molar-refractivity contribution in [1.29, 1.82) is 5.26 Å². The fraction of sp³-hybridized carbons (Fsp3) is 0.357. The topological polar surface area (TPSA) is 62.6 Å². The van der Waals surface area contributed by atoms with Crippen LogP contribution in [0.2, 0.25) is 0 Å². The molecule has 3 atom stereocenters. The van der Waals surface area contributed by atoms with Crippen molar-refractivity contribution in [2.75, 3.05) is 7.05 Å². The molecule has 20 heavy (non-hydrogen) atoms. The lowest BCUT2D eigenvalue weighted by molar-refractivity contribution is 0.189. The van der Waals surface area contributed by atoms with Crippen LogP contribution in [0.4, 0.5) is 0 Å². The van der Waals surface area contributed by atoms with Gasteiger partial charge < -0.3 is 4.52 Å². The Labute approximate surface area is 119 Å². The van der Waals surface area contributed by atoms with Crippen LogP contribution in [-0.2, 0) is 13.6 Å². The second kappa shape index (κ2) is 5.80. The van der Waals surface area contributed by atoms with Crippen molar-refractivity contribution < 1.29 is 13.6 Å². The molecule has 1 aromatic rings. The summed E-state index contributed by atoms with van der Waals surface area (Å²) >= 11 is 0. The SMILES string of the molecule is C/C=C(\C#N)O[P@]1(=O)O[C@@H](c2ccccc2)[C@H](C)N1C. The number of likely N-dealkylation sites (N-methyl/N-ethyl adjacent to an activating group) is 1. The smallest absolute Gasteiger partial charge is 0.402 e. The molecule has 0 aromatic heterocycles. The molecule has 1 aromatic carbocycles. The maximum Gasteiger partial charge on any atom is 0.462 e. The highest BCUT2D eigenvalue weighted by atomic mass is 31.2. The van der Waals surface area contributed by atoms with Crippen LogP contribution in [0.1, 0.15) is 25.5 Å². The van der Waals surface area contributed by atoms with Crippen molar-refractivity contribution in [2.24, 2.45) is 0 Å². The highest BCUT2D eigenvalue weighted by Gasteiger charge is 2.49. The van der Waals surface area contributed by atoms with E-state index >= 15 is 0 Å². The van der Waals surface area contributed by atoms with E-state index in [9.17, 15) is 4.57 Å². The van der Waals surface area contributed by atoms with Crippen LogP contribution < -0.4 is 0 Å². The van der Waals surface area contributed by atoms with Crippen LogP contribution in [0.5, 0.6) is 0 Å². The van der Waals surface area contributed by atoms with Gasteiger partial charge in [0.25, 0.3) is 0 Å². The van der Waals surface area contributed by atoms with Gasteiger partial charge in [-0.1, -0.05) is 30.3 Å². The van der Waals surface area contributed by atoms with E-state index in [1.54, 1.807) is 18.6 Å². The summed E-state index contributed by atoms with van der Waals surface area (Å²) in [5, 5.41) is 8.90. The van der Waals surface area contributed by atoms with E-state index in [4.69, 9.17) is 14.3 Å². The van der Waals surface area contributed by atoms with Crippen LogP contribution in [0.15, 0.2) is 42.2 Å². The Balaban J connectivity index is 2.27. The Morgan fingerprint density at radius 3 is 2.70 bits per heavy atom. The van der Waals surface area contributed by atoms with Gasteiger partial charge in [0.2, 0.25) is 5.76 Å². The van der Waals surface area contributed by atoms with Crippen LogP contribution in [0, 0.1) is 11.3 Å². The first-order valence-corrected chi connectivity index (χ1v) is 7.84. The Morgan fingerprint density at radius 1 is 1.50 bits per heavy atom. The molecule has 0 amide bonds. The third kappa shape index (κ3) is 2.64. The largest absolute Gasteiger partial charge is 0.462 e. The molecule has 1 aliphatic rings. The molecule has 1 fully saturated rings. The highest BCUT2D eigenvalue weighted by Crippen LogP contribution is 2.63. The molecule has 2 rings (SSSR count). The molecule has 0 saturated carbocycles. The van der Waals surface area contributed by atoms with E-state index in [0.717, 1.165) is 5.56 Å². The Hall–Kier alpha value is -1.60. The number of allylic oxidation sites excluding steroid dienone is 2. The van der Waals surface area contributed by atoms with Gasteiger partial charge in [-0.2, -0.15) is 9.93 Å². The van der Waals surface area contributed by atoms with Crippen LogP contribution in [0.3, 0.4) is 0 Å². The molecule has 0 aliphatic carbocycles. The highest BCUT2D eigenvalue weighted by molar-refractivity contribution is 7.51. The van der Waals surface area contributed by atoms with Crippen molar-refractivity contribution in [2.45, 2.75) is 26.0 Å². The van der Waals surface area contributed by atoms with Gasteiger partial charge in [-0.25, -0.2) is 4.57 Å². The zero-order chi connectivity index (χ0) is 14.8. The van der Waals surface area contributed by atoms with Gasteiger partial charge >= 0.3 is 7.75 Å². The minimum absolute atomic E-state index is 0.00101. The van der Waals surface area contributed by atoms with Crippen molar-refractivity contribution >= 4 is 7.75 Å². The summed E-state index contributed by atoms with van der Waals surface area (Å²) in [6, 6.07) is 11.3. The van der Waals surface area contributed by atoms with Gasteiger partial charge in [0.15, 0.2) is 0 Å². The quantitative estimate of drug-likeness (QED) is 0.483. The van der Waals surface area contributed by atoms with E-state index < -0.39 is 7.75 Å². The number of nitrogens with zero attached hydrogens (tertiary/aromatic N) is 2. The second-order valence-electron chi connectivity index (χ2n) is 4.58. The lowest BCUT2D eigenvalue weighted by atomic mass is 10.0. The van der Waals surface area contributed by atoms with Crippen molar-refractivity contribution in [3.05, 3.63) is 47.7 Å². The van der Waals surface area contributed by atoms with Crippen LogP contribution in [-0.4, -0.2) is 17.8 Å². The van der Waals surface area contributed by atoms with Gasteiger partial charge in [0.1, 0.15) is 12.2 Å². The minimum Gasteiger partial charge on any atom is -0.402 e. The standard InChI is InChI=1S/C14H17N2O3P/c1-4-13(10-15)18-20(17)16(3)11(2)14(19-20)12-8-6-5-7-9-12/h4-9,11,14H,1-3H3/b13-4+/t11-,14+,20-/m0/s1. The Bertz CT molecular complexity index is 594. The molecular formula is C14H17N2O3P. The first kappa shape index (κ1) is 14.8. The molecule has 1 saturated heterocycles. The van der Waals surface area contributed by atoms with Crippen molar-refractivity contribution in [1.82, 2.24) is 4.67 Å². The molecule has 1 heterocycles. The van der Waals surface area contributed by atoms with Gasteiger partial charge in [0, 0.05) is 6.04 Å². The summed E-state index contributed by atoms with van der Waals surface area (Å²) in [5.74, 6) is 0.00101. The fourth-order valence-electron chi connectivity index (χ4n) is 2.05. The van der Waals surface area contributed by atoms with Gasteiger partial charge in [0.05, 0.1) is 0 Å². The molecule has 0 unspecified atom stereocenters. The number of hydrogen-bond acceptors (Lipinski definition) is 4. The average molecular weight is 292 g/mol. The normalized spacial score (nSPS) is 31.0. The zero-order valence-electron chi connectivity index (χ0n) is 11.7. The predicted molar refractivity (Wildman–Crippen MR) is 75.6 cm³/mol. The summed E-state index contributed by atoms with van der Waals surface area (Å²) in [6.45, 7) is 3.57. The molecule has 0 bridgehead atoms. The lowest BCUT2D eigenvalue weighted by Gasteiger charge is -2.19. The summed E-state index contributed by atoms with van der Waals surface area (Å²) in [5.41, 5.74) is 0.937. The first-order chi connectivity index (χ1) is 9.51. The van der Waals surface area contributed by atoms with Crippen LogP contribution >= 0.6 is 7.75 Å². The summed E-state index contributed by atoms with van der Waals surface area (Å²) in [4.78, 5) is 0. The zero-order valence-corrected chi connectivity index (χ0v) is 12.6. The molecule has 5 nitrogen and oxygen atoms in total. The number of benzene rings is 1. The monoisotopic (exact) mass is 292 g/mol. The maximum absolute atomic E-state index is 12.8. The van der Waals surface area contributed by atoms with Gasteiger partial charge in [-0.15, -0.1) is 0 Å². The Morgan fingerprint density at radius 2 is 2.15 bits per heavy atom. The summed E-state index contributed by atoms with van der Waals surface area (Å²) in [6.07, 6.45) is 1.13. The second-order valence-corrected chi connectivity index (χ2v) is 6.54. The van der Waals surface area contributed by atoms with Gasteiger partial charge in [-0.3, -0.25) is 4.52 Å². The molecular weight excluding hydrogens is 275 g/mol. The molecule has 0 radical (unpaired) electrons. The van der Waals surface area contributed by atoms with E-state index in [0.29, 0.717) is 0 Å². The molecule has 0 spiro atoms.